The van der Waals surface area contributed by atoms with Crippen LogP contribution in [0.3, 0.4) is 0 Å². The molecule has 3 nitrogen and oxygen atoms in total. The molecule has 0 bridgehead atoms. The molecule has 2 rings (SSSR count). The molecule has 0 radical (unpaired) electrons. The van der Waals surface area contributed by atoms with Crippen molar-refractivity contribution >= 4 is 11.3 Å². The molecule has 0 aliphatic rings. The first-order chi connectivity index (χ1) is 9.61. The third-order valence-corrected chi connectivity index (χ3v) is 3.72. The first-order valence-corrected chi connectivity index (χ1v) is 7.03. The topological polar surface area (TPSA) is 42.2 Å². The van der Waals surface area contributed by atoms with E-state index in [2.05, 4.69) is 11.8 Å². The maximum Gasteiger partial charge on any atom is 0.307 e. The molecular weight excluding hydrogens is 277 g/mol. The van der Waals surface area contributed by atoms with Crippen molar-refractivity contribution in [2.75, 3.05) is 6.61 Å². The van der Waals surface area contributed by atoms with E-state index >= 15 is 0 Å². The van der Waals surface area contributed by atoms with Gasteiger partial charge in [0, 0.05) is 23.1 Å². The van der Waals surface area contributed by atoms with Gasteiger partial charge in [0.05, 0.1) is 13.2 Å². The predicted octanol–water partition coefficient (Wildman–Crippen LogP) is 2.14. The third-order valence-electron chi connectivity index (χ3n) is 2.84. The van der Waals surface area contributed by atoms with E-state index in [1.165, 1.54) is 12.1 Å². The maximum absolute atomic E-state index is 13.3. The molecule has 0 spiro atoms. The molecule has 20 heavy (non-hydrogen) atoms. The van der Waals surface area contributed by atoms with Crippen LogP contribution < -0.4 is 4.87 Å². The van der Waals surface area contributed by atoms with E-state index in [-0.39, 0.29) is 17.3 Å². The molecule has 0 saturated heterocycles. The highest BCUT2D eigenvalue weighted by molar-refractivity contribution is 7.07. The number of nitrogens with zero attached hydrogens (tertiary/aromatic N) is 1. The van der Waals surface area contributed by atoms with Gasteiger partial charge in [0.15, 0.2) is 0 Å². The third kappa shape index (κ3) is 3.35. The number of rotatable bonds is 3. The molecule has 0 unspecified atom stereocenters. The zero-order chi connectivity index (χ0) is 14.5. The summed E-state index contributed by atoms with van der Waals surface area (Å²) < 4.78 is 14.9. The average molecular weight is 291 g/mol. The second-order valence-corrected chi connectivity index (χ2v) is 5.13. The molecule has 0 aliphatic heterocycles. The van der Waals surface area contributed by atoms with Crippen LogP contribution in [-0.4, -0.2) is 16.3 Å². The quantitative estimate of drug-likeness (QED) is 0.880. The Morgan fingerprint density at radius 2 is 2.25 bits per heavy atom. The van der Waals surface area contributed by atoms with E-state index in [4.69, 9.17) is 5.11 Å². The van der Waals surface area contributed by atoms with Gasteiger partial charge < -0.3 is 5.11 Å². The number of benzene rings is 1. The van der Waals surface area contributed by atoms with Crippen LogP contribution in [0.2, 0.25) is 0 Å². The second kappa shape index (κ2) is 6.51. The molecule has 0 amide bonds. The highest BCUT2D eigenvalue weighted by atomic mass is 32.1. The number of aryl methyl sites for hydroxylation is 1. The summed E-state index contributed by atoms with van der Waals surface area (Å²) >= 11 is 1.15. The van der Waals surface area contributed by atoms with E-state index in [1.807, 2.05) is 6.92 Å². The number of aliphatic hydroxyl groups is 1. The van der Waals surface area contributed by atoms with Gasteiger partial charge >= 0.3 is 4.87 Å². The van der Waals surface area contributed by atoms with Crippen molar-refractivity contribution in [2.24, 2.45) is 0 Å². The van der Waals surface area contributed by atoms with Crippen LogP contribution in [0.5, 0.6) is 0 Å². The Bertz CT molecular complexity index is 721. The van der Waals surface area contributed by atoms with Crippen molar-refractivity contribution in [3.8, 4) is 11.8 Å². The Labute approximate surface area is 120 Å². The lowest BCUT2D eigenvalue weighted by Crippen LogP contribution is -2.16. The Hall–Kier alpha value is -1.90. The summed E-state index contributed by atoms with van der Waals surface area (Å²) in [6, 6.07) is 4.35. The lowest BCUT2D eigenvalue weighted by Gasteiger charge is -2.07. The van der Waals surface area contributed by atoms with Crippen LogP contribution in [0, 0.1) is 24.6 Å². The van der Waals surface area contributed by atoms with Gasteiger partial charge in [-0.2, -0.15) is 0 Å². The molecule has 1 N–H and O–H groups in total. The Morgan fingerprint density at radius 3 is 2.90 bits per heavy atom. The van der Waals surface area contributed by atoms with Crippen LogP contribution in [-0.2, 0) is 6.54 Å². The zero-order valence-electron chi connectivity index (χ0n) is 11.0. The van der Waals surface area contributed by atoms with Crippen molar-refractivity contribution in [1.82, 2.24) is 4.57 Å². The molecule has 0 aliphatic carbocycles. The van der Waals surface area contributed by atoms with E-state index in [0.29, 0.717) is 18.5 Å². The van der Waals surface area contributed by atoms with Gasteiger partial charge in [0.2, 0.25) is 0 Å². The fourth-order valence-corrected chi connectivity index (χ4v) is 2.52. The van der Waals surface area contributed by atoms with Gasteiger partial charge in [-0.25, -0.2) is 4.39 Å². The minimum atomic E-state index is -0.364. The Kier molecular flexibility index (Phi) is 4.72. The highest BCUT2D eigenvalue weighted by Crippen LogP contribution is 2.13. The summed E-state index contributed by atoms with van der Waals surface area (Å²) in [7, 11) is 0. The fourth-order valence-electron chi connectivity index (χ4n) is 1.78. The molecule has 104 valence electrons. The van der Waals surface area contributed by atoms with Crippen molar-refractivity contribution in [3.63, 3.8) is 0 Å². The predicted molar refractivity (Wildman–Crippen MR) is 77.4 cm³/mol. The number of hydrogen-bond donors (Lipinski definition) is 1. The van der Waals surface area contributed by atoms with Gasteiger partial charge in [-0.15, -0.1) is 0 Å². The van der Waals surface area contributed by atoms with Gasteiger partial charge in [0.25, 0.3) is 0 Å². The number of hydrogen-bond acceptors (Lipinski definition) is 3. The smallest absolute Gasteiger partial charge is 0.307 e. The van der Waals surface area contributed by atoms with Crippen molar-refractivity contribution < 1.29 is 9.50 Å². The summed E-state index contributed by atoms with van der Waals surface area (Å²) in [6.07, 6.45) is 0.341. The molecule has 0 fully saturated rings. The van der Waals surface area contributed by atoms with E-state index in [1.54, 1.807) is 16.0 Å². The number of aromatic nitrogens is 1. The maximum atomic E-state index is 13.3. The normalized spacial score (nSPS) is 10.2. The highest BCUT2D eigenvalue weighted by Gasteiger charge is 2.07. The Morgan fingerprint density at radius 1 is 1.45 bits per heavy atom. The molecule has 5 heteroatoms. The average Bonchev–Trinajstić information content (AvgIpc) is 2.73. The fraction of sp³-hybridized carbons (Fsp3) is 0.267. The monoisotopic (exact) mass is 291 g/mol. The lowest BCUT2D eigenvalue weighted by molar-refractivity contribution is 0.305. The number of halogens is 1. The standard InChI is InChI=1S/C15H14FNO2S/c1-11-10-20-15(19)17(11)9-13-5-6-14(16)8-12(13)4-2-3-7-18/h5-6,8,10,18H,3,7,9H2,1H3. The molecule has 0 atom stereocenters. The molecule has 0 saturated carbocycles. The van der Waals surface area contributed by atoms with Gasteiger partial charge in [-0.1, -0.05) is 29.2 Å². The van der Waals surface area contributed by atoms with E-state index in [9.17, 15) is 9.18 Å². The minimum absolute atomic E-state index is 0.0270. The molecule has 1 heterocycles. The van der Waals surface area contributed by atoms with Crippen LogP contribution in [0.1, 0.15) is 23.2 Å². The number of aliphatic hydroxyl groups excluding tert-OH is 1. The Balaban J connectivity index is 2.37. The zero-order valence-corrected chi connectivity index (χ0v) is 11.8. The molecular formula is C15H14FNO2S. The van der Waals surface area contributed by atoms with Gasteiger partial charge in [-0.3, -0.25) is 9.36 Å². The SMILES string of the molecule is Cc1csc(=O)n1Cc1ccc(F)cc1C#CCCO. The van der Waals surface area contributed by atoms with Crippen LogP contribution in [0.4, 0.5) is 4.39 Å². The van der Waals surface area contributed by atoms with E-state index < -0.39 is 0 Å². The minimum Gasteiger partial charge on any atom is -0.395 e. The summed E-state index contributed by atoms with van der Waals surface area (Å²) in [5.74, 6) is 5.26. The van der Waals surface area contributed by atoms with Gasteiger partial charge in [-0.05, 0) is 24.6 Å². The largest absolute Gasteiger partial charge is 0.395 e. The molecule has 1 aromatic carbocycles. The van der Waals surface area contributed by atoms with Crippen molar-refractivity contribution in [2.45, 2.75) is 19.9 Å². The summed E-state index contributed by atoms with van der Waals surface area (Å²) in [4.78, 5) is 11.7. The summed E-state index contributed by atoms with van der Waals surface area (Å²) in [5, 5.41) is 10.5. The second-order valence-electron chi connectivity index (χ2n) is 4.31. The molecule has 2 aromatic rings. The summed E-state index contributed by atoms with van der Waals surface area (Å²) in [6.45, 7) is 2.21. The first-order valence-electron chi connectivity index (χ1n) is 6.15. The van der Waals surface area contributed by atoms with Gasteiger partial charge in [0.1, 0.15) is 5.82 Å². The van der Waals surface area contributed by atoms with Crippen LogP contribution in [0.15, 0.2) is 28.4 Å². The molecule has 1 aromatic heterocycles. The number of thiazole rings is 1. The lowest BCUT2D eigenvalue weighted by atomic mass is 10.1. The van der Waals surface area contributed by atoms with Crippen LogP contribution in [0.25, 0.3) is 0 Å². The van der Waals surface area contributed by atoms with Crippen LogP contribution >= 0.6 is 11.3 Å². The van der Waals surface area contributed by atoms with Crippen molar-refractivity contribution in [3.05, 3.63) is 55.9 Å². The van der Waals surface area contributed by atoms with Crippen molar-refractivity contribution in [1.29, 1.82) is 0 Å². The first kappa shape index (κ1) is 14.5. The summed E-state index contributed by atoms with van der Waals surface area (Å²) in [5.41, 5.74) is 2.22. The van der Waals surface area contributed by atoms with E-state index in [0.717, 1.165) is 22.6 Å².